The maximum absolute atomic E-state index is 11.7. The van der Waals surface area contributed by atoms with E-state index in [0.717, 1.165) is 5.65 Å². The number of thioether (sulfide) groups is 1. The molecule has 0 aliphatic carbocycles. The molecule has 1 N–H and O–H groups in total. The number of nitrogens with one attached hydrogen (secondary N) is 1. The van der Waals surface area contributed by atoms with Gasteiger partial charge in [-0.05, 0) is 19.1 Å². The molecule has 0 bridgehead atoms. The smallest absolute Gasteiger partial charge is 0.233 e. The summed E-state index contributed by atoms with van der Waals surface area (Å²) in [5, 5.41) is 11.4. The van der Waals surface area contributed by atoms with Gasteiger partial charge in [-0.15, -0.1) is 16.8 Å². The molecule has 2 rings (SSSR count). The van der Waals surface area contributed by atoms with Crippen LogP contribution in [0, 0.1) is 0 Å². The molecule has 0 radical (unpaired) electrons. The molecule has 18 heavy (non-hydrogen) atoms. The minimum atomic E-state index is -0.224. The van der Waals surface area contributed by atoms with E-state index < -0.39 is 0 Å². The first-order valence-electron chi connectivity index (χ1n) is 5.57. The third kappa shape index (κ3) is 2.70. The van der Waals surface area contributed by atoms with Crippen LogP contribution >= 0.6 is 11.8 Å². The van der Waals surface area contributed by atoms with Crippen LogP contribution < -0.4 is 5.32 Å². The quantitative estimate of drug-likeness (QED) is 0.655. The molecule has 6 heteroatoms. The lowest BCUT2D eigenvalue weighted by Crippen LogP contribution is -2.30. The number of hydrogen-bond donors (Lipinski definition) is 1. The van der Waals surface area contributed by atoms with Crippen LogP contribution in [0.25, 0.3) is 5.65 Å². The lowest BCUT2D eigenvalue weighted by atomic mass is 10.4. The first-order valence-corrected chi connectivity index (χ1v) is 6.45. The number of fused-ring (bicyclic) bond motifs is 1. The molecule has 0 aromatic carbocycles. The number of pyridine rings is 1. The predicted molar refractivity (Wildman–Crippen MR) is 71.5 cm³/mol. The van der Waals surface area contributed by atoms with E-state index in [1.54, 1.807) is 6.08 Å². The highest BCUT2D eigenvalue weighted by atomic mass is 32.2. The Hall–Kier alpha value is -1.82. The predicted octanol–water partition coefficient (Wildman–Crippen LogP) is 1.51. The number of rotatable bonds is 5. The summed E-state index contributed by atoms with van der Waals surface area (Å²) in [4.78, 5) is 11.7. The van der Waals surface area contributed by atoms with E-state index in [-0.39, 0.29) is 11.2 Å². The molecule has 94 valence electrons. The fraction of sp³-hybridized carbons (Fsp3) is 0.250. The van der Waals surface area contributed by atoms with Gasteiger partial charge in [0.25, 0.3) is 0 Å². The van der Waals surface area contributed by atoms with Crippen molar-refractivity contribution in [3.63, 3.8) is 0 Å². The topological polar surface area (TPSA) is 59.3 Å². The Morgan fingerprint density at radius 2 is 2.44 bits per heavy atom. The van der Waals surface area contributed by atoms with Gasteiger partial charge in [-0.3, -0.25) is 9.20 Å². The Bertz CT molecular complexity index is 566. The number of hydrogen-bond acceptors (Lipinski definition) is 4. The van der Waals surface area contributed by atoms with E-state index in [0.29, 0.717) is 11.7 Å². The summed E-state index contributed by atoms with van der Waals surface area (Å²) in [6.07, 6.45) is 3.54. The summed E-state index contributed by atoms with van der Waals surface area (Å²) >= 11 is 1.38. The molecule has 0 aliphatic rings. The Morgan fingerprint density at radius 3 is 3.22 bits per heavy atom. The van der Waals surface area contributed by atoms with E-state index in [4.69, 9.17) is 0 Å². The zero-order valence-electron chi connectivity index (χ0n) is 10.0. The molecule has 2 aromatic rings. The number of nitrogens with zero attached hydrogens (tertiary/aromatic N) is 3. The molecule has 0 fully saturated rings. The molecule has 1 atom stereocenters. The molecular formula is C12H14N4OS. The highest BCUT2D eigenvalue weighted by Gasteiger charge is 2.16. The van der Waals surface area contributed by atoms with Gasteiger partial charge in [0.1, 0.15) is 0 Å². The van der Waals surface area contributed by atoms with Crippen molar-refractivity contribution in [1.82, 2.24) is 19.9 Å². The Labute approximate surface area is 109 Å². The lowest BCUT2D eigenvalue weighted by Gasteiger charge is -2.09. The SMILES string of the molecule is C=CCNC(=O)[C@@H](C)Sc1nnc2ccccn12. The van der Waals surface area contributed by atoms with Gasteiger partial charge in [0.15, 0.2) is 10.8 Å². The second-order valence-electron chi connectivity index (χ2n) is 3.71. The van der Waals surface area contributed by atoms with E-state index in [9.17, 15) is 4.79 Å². The third-order valence-corrected chi connectivity index (χ3v) is 3.41. The van der Waals surface area contributed by atoms with E-state index in [2.05, 4.69) is 22.1 Å². The maximum atomic E-state index is 11.7. The van der Waals surface area contributed by atoms with E-state index >= 15 is 0 Å². The maximum Gasteiger partial charge on any atom is 0.233 e. The number of aromatic nitrogens is 3. The molecular weight excluding hydrogens is 248 g/mol. The highest BCUT2D eigenvalue weighted by molar-refractivity contribution is 8.00. The summed E-state index contributed by atoms with van der Waals surface area (Å²) in [7, 11) is 0. The van der Waals surface area contributed by atoms with Crippen molar-refractivity contribution in [1.29, 1.82) is 0 Å². The zero-order valence-corrected chi connectivity index (χ0v) is 10.9. The van der Waals surface area contributed by atoms with Crippen LogP contribution in [-0.4, -0.2) is 32.3 Å². The van der Waals surface area contributed by atoms with Crippen molar-refractivity contribution in [2.75, 3.05) is 6.54 Å². The summed E-state index contributed by atoms with van der Waals surface area (Å²) in [5.74, 6) is -0.0346. The van der Waals surface area contributed by atoms with Crippen LogP contribution in [0.15, 0.2) is 42.2 Å². The number of carbonyl (C=O) groups is 1. The van der Waals surface area contributed by atoms with Crippen molar-refractivity contribution in [2.45, 2.75) is 17.3 Å². The van der Waals surface area contributed by atoms with Crippen molar-refractivity contribution in [3.8, 4) is 0 Å². The van der Waals surface area contributed by atoms with E-state index in [1.165, 1.54) is 11.8 Å². The second-order valence-corrected chi connectivity index (χ2v) is 5.01. The lowest BCUT2D eigenvalue weighted by molar-refractivity contribution is -0.120. The standard InChI is InChI=1S/C12H14N4OS/c1-3-7-13-11(17)9(2)18-12-15-14-10-6-4-5-8-16(10)12/h3-6,8-9H,1,7H2,2H3,(H,13,17)/t9-/m1/s1. The monoisotopic (exact) mass is 262 g/mol. The zero-order chi connectivity index (χ0) is 13.0. The Kier molecular flexibility index (Phi) is 3.99. The Morgan fingerprint density at radius 1 is 1.61 bits per heavy atom. The van der Waals surface area contributed by atoms with E-state index in [1.807, 2.05) is 35.7 Å². The van der Waals surface area contributed by atoms with Crippen molar-refractivity contribution < 1.29 is 4.79 Å². The van der Waals surface area contributed by atoms with Gasteiger partial charge in [-0.25, -0.2) is 0 Å². The largest absolute Gasteiger partial charge is 0.352 e. The molecule has 0 unspecified atom stereocenters. The first-order chi connectivity index (χ1) is 8.72. The van der Waals surface area contributed by atoms with Gasteiger partial charge in [0.2, 0.25) is 5.91 Å². The van der Waals surface area contributed by atoms with Crippen molar-refractivity contribution in [3.05, 3.63) is 37.1 Å². The summed E-state index contributed by atoms with van der Waals surface area (Å²) in [6, 6.07) is 5.68. The van der Waals surface area contributed by atoms with Gasteiger partial charge in [0, 0.05) is 12.7 Å². The minimum absolute atomic E-state index is 0.0346. The molecule has 2 heterocycles. The summed E-state index contributed by atoms with van der Waals surface area (Å²) in [5.41, 5.74) is 0.777. The molecule has 5 nitrogen and oxygen atoms in total. The fourth-order valence-electron chi connectivity index (χ4n) is 1.43. The van der Waals surface area contributed by atoms with Gasteiger partial charge in [-0.1, -0.05) is 23.9 Å². The number of carbonyl (C=O) groups excluding carboxylic acids is 1. The van der Waals surface area contributed by atoms with Gasteiger partial charge in [-0.2, -0.15) is 0 Å². The van der Waals surface area contributed by atoms with Crippen molar-refractivity contribution >= 4 is 23.3 Å². The molecule has 0 saturated heterocycles. The van der Waals surface area contributed by atoms with Crippen LogP contribution in [0.1, 0.15) is 6.92 Å². The molecule has 0 spiro atoms. The third-order valence-electron chi connectivity index (χ3n) is 2.35. The van der Waals surface area contributed by atoms with Gasteiger partial charge >= 0.3 is 0 Å². The van der Waals surface area contributed by atoms with Crippen LogP contribution in [0.4, 0.5) is 0 Å². The van der Waals surface area contributed by atoms with Crippen LogP contribution in [-0.2, 0) is 4.79 Å². The van der Waals surface area contributed by atoms with Crippen LogP contribution in [0.3, 0.4) is 0 Å². The molecule has 0 saturated carbocycles. The Balaban J connectivity index is 2.09. The summed E-state index contributed by atoms with van der Waals surface area (Å²) in [6.45, 7) is 5.88. The molecule has 1 amide bonds. The first kappa shape index (κ1) is 12.6. The van der Waals surface area contributed by atoms with Crippen LogP contribution in [0.2, 0.25) is 0 Å². The van der Waals surface area contributed by atoms with Crippen LogP contribution in [0.5, 0.6) is 0 Å². The normalized spacial score (nSPS) is 12.3. The molecule has 0 aliphatic heterocycles. The number of amides is 1. The highest BCUT2D eigenvalue weighted by Crippen LogP contribution is 2.21. The van der Waals surface area contributed by atoms with Crippen molar-refractivity contribution in [2.24, 2.45) is 0 Å². The fourth-order valence-corrected chi connectivity index (χ4v) is 2.29. The van der Waals surface area contributed by atoms with Gasteiger partial charge < -0.3 is 5.32 Å². The molecule has 2 aromatic heterocycles. The summed E-state index contributed by atoms with van der Waals surface area (Å²) < 4.78 is 1.86. The average Bonchev–Trinajstić information content (AvgIpc) is 2.79. The average molecular weight is 262 g/mol. The minimum Gasteiger partial charge on any atom is -0.352 e. The second kappa shape index (κ2) is 5.68. The van der Waals surface area contributed by atoms with Gasteiger partial charge in [0.05, 0.1) is 5.25 Å².